The van der Waals surface area contributed by atoms with Gasteiger partial charge in [0.1, 0.15) is 6.04 Å². The van der Waals surface area contributed by atoms with Crippen LogP contribution in [0.3, 0.4) is 0 Å². The lowest BCUT2D eigenvalue weighted by Gasteiger charge is -2.17. The summed E-state index contributed by atoms with van der Waals surface area (Å²) in [5.41, 5.74) is 7.31. The van der Waals surface area contributed by atoms with E-state index in [-0.39, 0.29) is 13.0 Å². The summed E-state index contributed by atoms with van der Waals surface area (Å²) in [5.74, 6) is -1.23. The van der Waals surface area contributed by atoms with Crippen molar-refractivity contribution >= 4 is 12.1 Å². The Morgan fingerprint density at radius 2 is 2.20 bits per heavy atom. The molecule has 1 saturated heterocycles. The number of nitrogens with zero attached hydrogens (tertiary/aromatic N) is 4. The Morgan fingerprint density at radius 3 is 2.53 bits per heavy atom. The van der Waals surface area contributed by atoms with Crippen LogP contribution in [0.5, 0.6) is 0 Å². The van der Waals surface area contributed by atoms with Gasteiger partial charge in [0.05, 0.1) is 5.54 Å². The summed E-state index contributed by atoms with van der Waals surface area (Å²) in [6.45, 7) is 1.44. The minimum Gasteiger partial charge on any atom is -0.480 e. The van der Waals surface area contributed by atoms with E-state index < -0.39 is 23.6 Å². The predicted molar refractivity (Wildman–Crippen MR) is 48.3 cm³/mol. The van der Waals surface area contributed by atoms with Gasteiger partial charge in [-0.15, -0.1) is 0 Å². The molecule has 1 rings (SSSR count). The molecule has 8 heteroatoms. The zero-order chi connectivity index (χ0) is 11.6. The summed E-state index contributed by atoms with van der Waals surface area (Å²) in [5, 5.41) is 21.0. The highest BCUT2D eigenvalue weighted by atomic mass is 16.4. The molecule has 1 fully saturated rings. The van der Waals surface area contributed by atoms with Gasteiger partial charge in [-0.25, -0.2) is 9.59 Å². The van der Waals surface area contributed by atoms with Gasteiger partial charge >= 0.3 is 12.1 Å². The van der Waals surface area contributed by atoms with Crippen LogP contribution < -0.4 is 0 Å². The predicted octanol–water partition coefficient (Wildman–Crippen LogP) is 0.892. The first-order valence-electron chi connectivity index (χ1n) is 4.18. The van der Waals surface area contributed by atoms with Gasteiger partial charge in [0.2, 0.25) is 0 Å². The van der Waals surface area contributed by atoms with E-state index in [0.29, 0.717) is 0 Å². The molecule has 1 aliphatic heterocycles. The first kappa shape index (κ1) is 11.1. The second kappa shape index (κ2) is 3.66. The van der Waals surface area contributed by atoms with Crippen LogP contribution >= 0.6 is 0 Å². The van der Waals surface area contributed by atoms with E-state index in [1.807, 2.05) is 0 Å². The van der Waals surface area contributed by atoms with Crippen molar-refractivity contribution in [3.8, 4) is 0 Å². The molecule has 8 nitrogen and oxygen atoms in total. The summed E-state index contributed by atoms with van der Waals surface area (Å²) in [6, 6.07) is -1.14. The van der Waals surface area contributed by atoms with Gasteiger partial charge in [-0.1, -0.05) is 12.0 Å². The van der Waals surface area contributed by atoms with Crippen LogP contribution in [0.15, 0.2) is 5.11 Å². The molecule has 1 aliphatic rings. The summed E-state index contributed by atoms with van der Waals surface area (Å²) in [6.07, 6.45) is -1.32. The number of azide groups is 1. The second-order valence-corrected chi connectivity index (χ2v) is 3.66. The topological polar surface area (TPSA) is 127 Å². The molecule has 0 aliphatic carbocycles. The zero-order valence-corrected chi connectivity index (χ0v) is 7.99. The molecule has 1 amide bonds. The summed E-state index contributed by atoms with van der Waals surface area (Å²) in [4.78, 5) is 24.9. The smallest absolute Gasteiger partial charge is 0.408 e. The molecule has 0 saturated carbocycles. The van der Waals surface area contributed by atoms with E-state index in [2.05, 4.69) is 10.0 Å². The SMILES string of the molecule is CC1(N=[N+]=[N-])CC(C(=O)O)N(C(=O)O)C1. The van der Waals surface area contributed by atoms with Crippen molar-refractivity contribution in [2.24, 2.45) is 5.11 Å². The highest BCUT2D eigenvalue weighted by Gasteiger charge is 2.46. The third-order valence-electron chi connectivity index (χ3n) is 2.34. The minimum atomic E-state index is -1.32. The molecule has 15 heavy (non-hydrogen) atoms. The van der Waals surface area contributed by atoms with E-state index >= 15 is 0 Å². The Bertz CT molecular complexity index is 327. The van der Waals surface area contributed by atoms with Crippen molar-refractivity contribution in [2.45, 2.75) is 24.9 Å². The van der Waals surface area contributed by atoms with Crippen LogP contribution in [0.1, 0.15) is 13.3 Å². The van der Waals surface area contributed by atoms with Gasteiger partial charge in [-0.2, -0.15) is 0 Å². The van der Waals surface area contributed by atoms with E-state index in [9.17, 15) is 9.59 Å². The Hall–Kier alpha value is -1.95. The number of hydrogen-bond donors (Lipinski definition) is 2. The number of rotatable bonds is 2. The Kier molecular flexibility index (Phi) is 2.71. The highest BCUT2D eigenvalue weighted by Crippen LogP contribution is 2.30. The molecular formula is C7H10N4O4. The van der Waals surface area contributed by atoms with E-state index in [1.165, 1.54) is 6.92 Å². The van der Waals surface area contributed by atoms with E-state index in [1.54, 1.807) is 0 Å². The molecular weight excluding hydrogens is 204 g/mol. The maximum absolute atomic E-state index is 10.8. The summed E-state index contributed by atoms with van der Waals surface area (Å²) in [7, 11) is 0. The van der Waals surface area contributed by atoms with Gasteiger partial charge in [0.25, 0.3) is 0 Å². The average molecular weight is 214 g/mol. The fourth-order valence-electron chi connectivity index (χ4n) is 1.67. The normalized spacial score (nSPS) is 29.7. The first-order valence-corrected chi connectivity index (χ1v) is 4.18. The van der Waals surface area contributed by atoms with Gasteiger partial charge in [0, 0.05) is 11.5 Å². The monoisotopic (exact) mass is 214 g/mol. The Balaban J connectivity index is 2.96. The average Bonchev–Trinajstić information content (AvgIpc) is 2.44. The number of carbonyl (C=O) groups is 2. The van der Waals surface area contributed by atoms with Crippen LogP contribution in [-0.2, 0) is 4.79 Å². The second-order valence-electron chi connectivity index (χ2n) is 3.66. The molecule has 0 radical (unpaired) electrons. The van der Waals surface area contributed by atoms with Crippen molar-refractivity contribution in [3.05, 3.63) is 10.4 Å². The number of carboxylic acids is 1. The van der Waals surface area contributed by atoms with Crippen LogP contribution in [-0.4, -0.2) is 45.3 Å². The maximum Gasteiger partial charge on any atom is 0.408 e. The fraction of sp³-hybridized carbons (Fsp3) is 0.714. The lowest BCUT2D eigenvalue weighted by atomic mass is 10.0. The number of hydrogen-bond acceptors (Lipinski definition) is 3. The largest absolute Gasteiger partial charge is 0.480 e. The zero-order valence-electron chi connectivity index (χ0n) is 7.99. The third-order valence-corrected chi connectivity index (χ3v) is 2.34. The highest BCUT2D eigenvalue weighted by molar-refractivity contribution is 5.80. The Labute approximate surface area is 84.7 Å². The molecule has 2 atom stereocenters. The number of aliphatic carboxylic acids is 1. The van der Waals surface area contributed by atoms with E-state index in [0.717, 1.165) is 4.90 Å². The Morgan fingerprint density at radius 1 is 1.60 bits per heavy atom. The van der Waals surface area contributed by atoms with E-state index in [4.69, 9.17) is 15.7 Å². The van der Waals surface area contributed by atoms with Gasteiger partial charge in [-0.05, 0) is 12.0 Å². The van der Waals surface area contributed by atoms with Crippen LogP contribution in [0.25, 0.3) is 10.4 Å². The van der Waals surface area contributed by atoms with Gasteiger partial charge in [0.15, 0.2) is 0 Å². The van der Waals surface area contributed by atoms with Crippen molar-refractivity contribution in [2.75, 3.05) is 6.54 Å². The van der Waals surface area contributed by atoms with Crippen LogP contribution in [0.4, 0.5) is 4.79 Å². The number of amides is 1. The molecule has 1 heterocycles. The molecule has 2 unspecified atom stereocenters. The summed E-state index contributed by atoms with van der Waals surface area (Å²) >= 11 is 0. The fourth-order valence-corrected chi connectivity index (χ4v) is 1.67. The first-order chi connectivity index (χ1) is 6.89. The molecule has 0 aromatic heterocycles. The van der Waals surface area contributed by atoms with Gasteiger partial charge in [-0.3, -0.25) is 4.90 Å². The molecule has 82 valence electrons. The number of carboxylic acid groups (broad SMARTS) is 2. The maximum atomic E-state index is 10.8. The third kappa shape index (κ3) is 2.10. The lowest BCUT2D eigenvalue weighted by Crippen LogP contribution is -2.39. The standard InChI is InChI=1S/C7H10N4O4/c1-7(9-10-8)2-4(5(12)13)11(3-7)6(14)15/h4H,2-3H2,1H3,(H,12,13)(H,14,15). The van der Waals surface area contributed by atoms with Crippen LogP contribution in [0, 0.1) is 0 Å². The molecule has 0 aromatic carbocycles. The number of likely N-dealkylation sites (tertiary alicyclic amines) is 1. The van der Waals surface area contributed by atoms with Gasteiger partial charge < -0.3 is 10.2 Å². The molecule has 0 aromatic rings. The quantitative estimate of drug-likeness (QED) is 0.402. The minimum absolute atomic E-state index is 0.00130. The van der Waals surface area contributed by atoms with Crippen LogP contribution in [0.2, 0.25) is 0 Å². The lowest BCUT2D eigenvalue weighted by molar-refractivity contribution is -0.141. The van der Waals surface area contributed by atoms with Crippen molar-refractivity contribution < 1.29 is 19.8 Å². The molecule has 0 bridgehead atoms. The summed E-state index contributed by atoms with van der Waals surface area (Å²) < 4.78 is 0. The van der Waals surface area contributed by atoms with Crippen molar-refractivity contribution in [3.63, 3.8) is 0 Å². The van der Waals surface area contributed by atoms with Crippen molar-refractivity contribution in [1.29, 1.82) is 0 Å². The molecule has 0 spiro atoms. The van der Waals surface area contributed by atoms with Crippen molar-refractivity contribution in [1.82, 2.24) is 4.90 Å². The molecule has 2 N–H and O–H groups in total.